The van der Waals surface area contributed by atoms with E-state index < -0.39 is 0 Å². The summed E-state index contributed by atoms with van der Waals surface area (Å²) in [4.78, 5) is 14.2. The Balaban J connectivity index is 2.19. The molecule has 2 rings (SSSR count). The summed E-state index contributed by atoms with van der Waals surface area (Å²) in [6, 6.07) is 7.49. The van der Waals surface area contributed by atoms with E-state index in [0.717, 1.165) is 18.7 Å². The standard InChI is InChI=1S/C14H18ClNO2/c1-18-14(17)12(10-16-8-4-5-9-16)11-6-2-3-7-13(11)15/h2-3,6-7,12H,4-5,8-10H2,1H3. The second-order valence-corrected chi connectivity index (χ2v) is 5.01. The second-order valence-electron chi connectivity index (χ2n) is 4.60. The van der Waals surface area contributed by atoms with Gasteiger partial charge in [-0.2, -0.15) is 0 Å². The third-order valence-corrected chi connectivity index (χ3v) is 3.75. The summed E-state index contributed by atoms with van der Waals surface area (Å²) < 4.78 is 4.91. The zero-order valence-corrected chi connectivity index (χ0v) is 11.3. The topological polar surface area (TPSA) is 29.5 Å². The zero-order chi connectivity index (χ0) is 13.0. The van der Waals surface area contributed by atoms with Gasteiger partial charge in [-0.25, -0.2) is 0 Å². The first-order valence-corrected chi connectivity index (χ1v) is 6.65. The minimum absolute atomic E-state index is 0.213. The van der Waals surface area contributed by atoms with Crippen LogP contribution in [0.3, 0.4) is 0 Å². The zero-order valence-electron chi connectivity index (χ0n) is 10.6. The van der Waals surface area contributed by atoms with Gasteiger partial charge in [-0.05, 0) is 37.6 Å². The maximum Gasteiger partial charge on any atom is 0.314 e. The Morgan fingerprint density at radius 3 is 2.67 bits per heavy atom. The summed E-state index contributed by atoms with van der Waals surface area (Å²) in [7, 11) is 1.43. The van der Waals surface area contributed by atoms with Gasteiger partial charge in [0.05, 0.1) is 13.0 Å². The summed E-state index contributed by atoms with van der Waals surface area (Å²) in [6.45, 7) is 2.80. The normalized spacial score (nSPS) is 17.7. The molecule has 98 valence electrons. The van der Waals surface area contributed by atoms with Gasteiger partial charge < -0.3 is 9.64 Å². The van der Waals surface area contributed by atoms with Gasteiger partial charge in [0.2, 0.25) is 0 Å². The van der Waals surface area contributed by atoms with Crippen LogP contribution < -0.4 is 0 Å². The van der Waals surface area contributed by atoms with E-state index in [4.69, 9.17) is 16.3 Å². The number of carbonyl (C=O) groups excluding carboxylic acids is 1. The maximum absolute atomic E-state index is 11.9. The van der Waals surface area contributed by atoms with Crippen molar-refractivity contribution in [1.82, 2.24) is 4.90 Å². The van der Waals surface area contributed by atoms with Gasteiger partial charge in [0, 0.05) is 11.6 Å². The molecule has 0 aliphatic carbocycles. The number of carbonyl (C=O) groups is 1. The molecule has 1 unspecified atom stereocenters. The first kappa shape index (κ1) is 13.4. The van der Waals surface area contributed by atoms with E-state index in [-0.39, 0.29) is 11.9 Å². The second kappa shape index (κ2) is 6.21. The van der Waals surface area contributed by atoms with Crippen LogP contribution in [0.1, 0.15) is 24.3 Å². The van der Waals surface area contributed by atoms with Crippen molar-refractivity contribution >= 4 is 17.6 Å². The lowest BCUT2D eigenvalue weighted by Gasteiger charge is -2.22. The number of nitrogens with zero attached hydrogens (tertiary/aromatic N) is 1. The van der Waals surface area contributed by atoms with Crippen LogP contribution in [0.25, 0.3) is 0 Å². The quantitative estimate of drug-likeness (QED) is 0.786. The van der Waals surface area contributed by atoms with Crippen molar-refractivity contribution in [2.24, 2.45) is 0 Å². The molecule has 0 aromatic heterocycles. The highest BCUT2D eigenvalue weighted by Gasteiger charge is 2.27. The lowest BCUT2D eigenvalue weighted by molar-refractivity contribution is -0.142. The largest absolute Gasteiger partial charge is 0.469 e. The van der Waals surface area contributed by atoms with Crippen LogP contribution in [0.2, 0.25) is 5.02 Å². The molecule has 3 nitrogen and oxygen atoms in total. The maximum atomic E-state index is 11.9. The highest BCUT2D eigenvalue weighted by atomic mass is 35.5. The van der Waals surface area contributed by atoms with Crippen molar-refractivity contribution in [3.63, 3.8) is 0 Å². The van der Waals surface area contributed by atoms with Crippen molar-refractivity contribution in [2.45, 2.75) is 18.8 Å². The summed E-state index contributed by atoms with van der Waals surface area (Å²) in [5.74, 6) is -0.503. The molecule has 0 spiro atoms. The van der Waals surface area contributed by atoms with E-state index in [0.29, 0.717) is 11.6 Å². The number of likely N-dealkylation sites (tertiary alicyclic amines) is 1. The van der Waals surface area contributed by atoms with Crippen LogP contribution in [0, 0.1) is 0 Å². The lowest BCUT2D eigenvalue weighted by Crippen LogP contribution is -2.30. The van der Waals surface area contributed by atoms with Crippen LogP contribution in [0.15, 0.2) is 24.3 Å². The Morgan fingerprint density at radius 2 is 2.06 bits per heavy atom. The van der Waals surface area contributed by atoms with Gasteiger partial charge in [-0.3, -0.25) is 4.79 Å². The molecule has 1 saturated heterocycles. The number of hydrogen-bond donors (Lipinski definition) is 0. The molecule has 1 aromatic rings. The highest BCUT2D eigenvalue weighted by molar-refractivity contribution is 6.31. The van der Waals surface area contributed by atoms with E-state index in [9.17, 15) is 4.79 Å². The Kier molecular flexibility index (Phi) is 4.61. The fourth-order valence-corrected chi connectivity index (χ4v) is 2.69. The summed E-state index contributed by atoms with van der Waals surface area (Å²) >= 11 is 6.18. The van der Waals surface area contributed by atoms with Crippen LogP contribution in [-0.2, 0) is 9.53 Å². The number of ether oxygens (including phenoxy) is 1. The first-order valence-electron chi connectivity index (χ1n) is 6.27. The van der Waals surface area contributed by atoms with E-state index in [2.05, 4.69) is 4.90 Å². The first-order chi connectivity index (χ1) is 8.72. The fraction of sp³-hybridized carbons (Fsp3) is 0.500. The molecule has 0 amide bonds. The van der Waals surface area contributed by atoms with Gasteiger partial charge >= 0.3 is 5.97 Å². The molecule has 1 aliphatic rings. The molecule has 1 aromatic carbocycles. The van der Waals surface area contributed by atoms with Gasteiger partial charge in [0.1, 0.15) is 0 Å². The molecule has 1 fully saturated rings. The third kappa shape index (κ3) is 3.03. The molecular formula is C14H18ClNO2. The predicted molar refractivity (Wildman–Crippen MR) is 71.9 cm³/mol. The van der Waals surface area contributed by atoms with E-state index in [1.54, 1.807) is 0 Å². The Morgan fingerprint density at radius 1 is 1.39 bits per heavy atom. The van der Waals surface area contributed by atoms with Crippen LogP contribution in [-0.4, -0.2) is 37.6 Å². The number of rotatable bonds is 4. The molecule has 1 heterocycles. The average molecular weight is 268 g/mol. The number of methoxy groups -OCH3 is 1. The van der Waals surface area contributed by atoms with Crippen molar-refractivity contribution in [2.75, 3.05) is 26.7 Å². The van der Waals surface area contributed by atoms with Gasteiger partial charge in [0.25, 0.3) is 0 Å². The molecule has 0 bridgehead atoms. The molecule has 18 heavy (non-hydrogen) atoms. The van der Waals surface area contributed by atoms with Gasteiger partial charge in [0.15, 0.2) is 0 Å². The summed E-state index contributed by atoms with van der Waals surface area (Å²) in [5.41, 5.74) is 0.859. The lowest BCUT2D eigenvalue weighted by atomic mass is 9.98. The molecule has 0 saturated carbocycles. The summed E-state index contributed by atoms with van der Waals surface area (Å²) in [5, 5.41) is 0.632. The van der Waals surface area contributed by atoms with Crippen LogP contribution >= 0.6 is 11.6 Å². The van der Waals surface area contributed by atoms with Crippen LogP contribution in [0.5, 0.6) is 0 Å². The number of hydrogen-bond acceptors (Lipinski definition) is 3. The average Bonchev–Trinajstić information content (AvgIpc) is 2.89. The fourth-order valence-electron chi connectivity index (χ4n) is 2.42. The van der Waals surface area contributed by atoms with Crippen molar-refractivity contribution < 1.29 is 9.53 Å². The third-order valence-electron chi connectivity index (χ3n) is 3.41. The number of esters is 1. The molecule has 1 atom stereocenters. The molecular weight excluding hydrogens is 250 g/mol. The van der Waals surface area contributed by atoms with Gasteiger partial charge in [-0.15, -0.1) is 0 Å². The van der Waals surface area contributed by atoms with Crippen molar-refractivity contribution in [1.29, 1.82) is 0 Å². The van der Waals surface area contributed by atoms with Crippen molar-refractivity contribution in [3.05, 3.63) is 34.9 Å². The van der Waals surface area contributed by atoms with E-state index in [1.807, 2.05) is 24.3 Å². The van der Waals surface area contributed by atoms with Crippen molar-refractivity contribution in [3.8, 4) is 0 Å². The number of halogens is 1. The molecule has 1 aliphatic heterocycles. The monoisotopic (exact) mass is 267 g/mol. The molecule has 0 N–H and O–H groups in total. The van der Waals surface area contributed by atoms with Gasteiger partial charge in [-0.1, -0.05) is 29.8 Å². The Hall–Kier alpha value is -1.06. The van der Waals surface area contributed by atoms with E-state index in [1.165, 1.54) is 20.0 Å². The predicted octanol–water partition coefficient (Wildman–Crippen LogP) is 2.69. The minimum atomic E-state index is -0.290. The molecule has 0 radical (unpaired) electrons. The Bertz CT molecular complexity index is 416. The number of benzene rings is 1. The van der Waals surface area contributed by atoms with E-state index >= 15 is 0 Å². The summed E-state index contributed by atoms with van der Waals surface area (Å²) in [6.07, 6.45) is 2.41. The minimum Gasteiger partial charge on any atom is -0.469 e. The smallest absolute Gasteiger partial charge is 0.314 e. The van der Waals surface area contributed by atoms with Crippen LogP contribution in [0.4, 0.5) is 0 Å². The molecule has 4 heteroatoms. The SMILES string of the molecule is COC(=O)C(CN1CCCC1)c1ccccc1Cl. The Labute approximate surface area is 113 Å². The highest BCUT2D eigenvalue weighted by Crippen LogP contribution is 2.27.